The molecule has 3 heterocycles. The summed E-state index contributed by atoms with van der Waals surface area (Å²) in [5, 5.41) is 11.1. The van der Waals surface area contributed by atoms with E-state index in [9.17, 15) is 0 Å². The number of anilines is 2. The quantitative estimate of drug-likeness (QED) is 0.450. The number of aryl methyl sites for hydroxylation is 1. The molecule has 0 radical (unpaired) electrons. The lowest BCUT2D eigenvalue weighted by Gasteiger charge is -2.34. The van der Waals surface area contributed by atoms with Crippen molar-refractivity contribution in [2.75, 3.05) is 48.4 Å². The molecule has 2 saturated heterocycles. The van der Waals surface area contributed by atoms with E-state index in [1.165, 1.54) is 68.4 Å². The van der Waals surface area contributed by atoms with Crippen molar-refractivity contribution in [2.45, 2.75) is 82.8 Å². The summed E-state index contributed by atoms with van der Waals surface area (Å²) >= 11 is 1.89. The van der Waals surface area contributed by atoms with Gasteiger partial charge in [0.15, 0.2) is 0 Å². The Labute approximate surface area is 186 Å². The molecule has 30 heavy (non-hydrogen) atoms. The Bertz CT molecular complexity index is 661. The van der Waals surface area contributed by atoms with Crippen molar-refractivity contribution in [1.29, 1.82) is 0 Å². The number of piperidine rings is 1. The van der Waals surface area contributed by atoms with Gasteiger partial charge in [-0.05, 0) is 64.2 Å². The second-order valence-electron chi connectivity index (χ2n) is 9.03. The number of fused-ring (bicyclic) bond motifs is 1. The van der Waals surface area contributed by atoms with Crippen LogP contribution in [0.4, 0.5) is 11.8 Å². The minimum Gasteiger partial charge on any atom is -0.356 e. The van der Waals surface area contributed by atoms with E-state index >= 15 is 0 Å². The van der Waals surface area contributed by atoms with Crippen LogP contribution in [0.15, 0.2) is 0 Å². The highest BCUT2D eigenvalue weighted by Gasteiger charge is 2.27. The second-order valence-corrected chi connectivity index (χ2v) is 10.0. The van der Waals surface area contributed by atoms with E-state index in [0.29, 0.717) is 6.04 Å². The van der Waals surface area contributed by atoms with Crippen LogP contribution in [-0.4, -0.2) is 60.4 Å². The molecule has 4 rings (SSSR count). The van der Waals surface area contributed by atoms with E-state index < -0.39 is 0 Å². The number of aromatic nitrogens is 2. The van der Waals surface area contributed by atoms with Crippen molar-refractivity contribution in [3.05, 3.63) is 11.3 Å². The third kappa shape index (κ3) is 5.80. The first-order valence-corrected chi connectivity index (χ1v) is 13.6. The highest BCUT2D eigenvalue weighted by molar-refractivity contribution is 7.98. The van der Waals surface area contributed by atoms with Gasteiger partial charge in [0.2, 0.25) is 5.95 Å². The molecule has 168 valence electrons. The normalized spacial score (nSPS) is 25.3. The highest BCUT2D eigenvalue weighted by Crippen LogP contribution is 2.30. The summed E-state index contributed by atoms with van der Waals surface area (Å²) < 4.78 is 0. The summed E-state index contributed by atoms with van der Waals surface area (Å²) in [6.07, 6.45) is 16.2. The van der Waals surface area contributed by atoms with Crippen LogP contribution in [0.3, 0.4) is 0 Å². The maximum absolute atomic E-state index is 5.16. The molecular formula is C23H40N6S. The Balaban J connectivity index is 1.56. The van der Waals surface area contributed by atoms with E-state index in [1.807, 2.05) is 11.8 Å². The Morgan fingerprint density at radius 3 is 2.63 bits per heavy atom. The molecule has 3 aliphatic rings. The van der Waals surface area contributed by atoms with E-state index in [-0.39, 0.29) is 6.17 Å². The third-order valence-electron chi connectivity index (χ3n) is 6.76. The molecule has 1 aliphatic carbocycles. The fraction of sp³-hybridized carbons (Fsp3) is 0.826. The van der Waals surface area contributed by atoms with Gasteiger partial charge in [-0.2, -0.15) is 16.7 Å². The maximum Gasteiger partial charge on any atom is 0.225 e. The van der Waals surface area contributed by atoms with Crippen LogP contribution in [0.1, 0.15) is 69.0 Å². The zero-order valence-corrected chi connectivity index (χ0v) is 19.5. The first kappa shape index (κ1) is 22.2. The summed E-state index contributed by atoms with van der Waals surface area (Å²) in [7, 11) is 0. The predicted molar refractivity (Wildman–Crippen MR) is 129 cm³/mol. The molecule has 2 atom stereocenters. The summed E-state index contributed by atoms with van der Waals surface area (Å²) in [5.41, 5.74) is 2.75. The third-order valence-corrected chi connectivity index (χ3v) is 7.37. The largest absolute Gasteiger partial charge is 0.356 e. The van der Waals surface area contributed by atoms with E-state index in [4.69, 9.17) is 9.97 Å². The Morgan fingerprint density at radius 2 is 1.80 bits per heavy atom. The van der Waals surface area contributed by atoms with Gasteiger partial charge in [0.25, 0.3) is 0 Å². The molecule has 1 aromatic heterocycles. The van der Waals surface area contributed by atoms with Crippen LogP contribution >= 0.6 is 11.8 Å². The molecule has 0 bridgehead atoms. The average molecular weight is 433 g/mol. The van der Waals surface area contributed by atoms with E-state index in [2.05, 4.69) is 27.1 Å². The minimum atomic E-state index is 0.287. The van der Waals surface area contributed by atoms with Crippen LogP contribution in [0.25, 0.3) is 0 Å². The zero-order chi connectivity index (χ0) is 20.6. The number of nitrogens with one attached hydrogen (secondary N) is 3. The van der Waals surface area contributed by atoms with Crippen molar-refractivity contribution in [3.8, 4) is 0 Å². The second kappa shape index (κ2) is 11.5. The summed E-state index contributed by atoms with van der Waals surface area (Å²) in [6, 6.07) is 0.335. The standard InChI is InChI=1S/C23H40N6S/c1-30-17-14-25-21-20(12-9-13-24-21)27-23-26-19-11-6-4-5-10-18(19)22(28-23)29-15-7-2-3-8-16-29/h20-21,24-25H,2-17H2,1H3,(H,26,27,28). The Morgan fingerprint density at radius 1 is 1.00 bits per heavy atom. The topological polar surface area (TPSA) is 65.1 Å². The molecule has 7 heteroatoms. The van der Waals surface area contributed by atoms with Gasteiger partial charge in [0, 0.05) is 31.0 Å². The van der Waals surface area contributed by atoms with Crippen LogP contribution in [0.2, 0.25) is 0 Å². The fourth-order valence-corrected chi connectivity index (χ4v) is 5.42. The first-order chi connectivity index (χ1) is 14.8. The molecule has 0 saturated carbocycles. The molecule has 6 nitrogen and oxygen atoms in total. The van der Waals surface area contributed by atoms with Crippen molar-refractivity contribution >= 4 is 23.5 Å². The van der Waals surface area contributed by atoms with E-state index in [1.54, 1.807) is 0 Å². The summed E-state index contributed by atoms with van der Waals surface area (Å²) in [6.45, 7) is 4.40. The molecule has 0 aromatic carbocycles. The Hall–Kier alpha value is -1.05. The molecule has 0 spiro atoms. The van der Waals surface area contributed by atoms with Gasteiger partial charge < -0.3 is 15.5 Å². The van der Waals surface area contributed by atoms with Crippen LogP contribution in [0.5, 0.6) is 0 Å². The number of hydrogen-bond donors (Lipinski definition) is 3. The van der Waals surface area contributed by atoms with Gasteiger partial charge in [-0.3, -0.25) is 5.32 Å². The predicted octanol–water partition coefficient (Wildman–Crippen LogP) is 3.57. The molecule has 2 unspecified atom stereocenters. The van der Waals surface area contributed by atoms with Gasteiger partial charge in [0.05, 0.1) is 17.9 Å². The van der Waals surface area contributed by atoms with E-state index in [0.717, 1.165) is 57.1 Å². The van der Waals surface area contributed by atoms with Crippen LogP contribution in [0, 0.1) is 0 Å². The molecule has 1 aromatic rings. The van der Waals surface area contributed by atoms with Crippen molar-refractivity contribution < 1.29 is 0 Å². The SMILES string of the molecule is CSCCNC1NCCCC1Nc1nc2c(c(N3CCCCCC3)n1)CCCCC2. The van der Waals surface area contributed by atoms with Crippen molar-refractivity contribution in [3.63, 3.8) is 0 Å². The van der Waals surface area contributed by atoms with Gasteiger partial charge in [-0.1, -0.05) is 19.3 Å². The minimum absolute atomic E-state index is 0.287. The number of rotatable bonds is 7. The van der Waals surface area contributed by atoms with Crippen LogP contribution < -0.4 is 20.9 Å². The summed E-state index contributed by atoms with van der Waals surface area (Å²) in [4.78, 5) is 12.8. The van der Waals surface area contributed by atoms with Gasteiger partial charge >= 0.3 is 0 Å². The number of nitrogens with zero attached hydrogens (tertiary/aromatic N) is 3. The van der Waals surface area contributed by atoms with Crippen molar-refractivity contribution in [1.82, 2.24) is 20.6 Å². The zero-order valence-electron chi connectivity index (χ0n) is 18.7. The summed E-state index contributed by atoms with van der Waals surface area (Å²) in [5.74, 6) is 3.22. The van der Waals surface area contributed by atoms with Gasteiger partial charge in [-0.25, -0.2) is 4.98 Å². The van der Waals surface area contributed by atoms with Crippen molar-refractivity contribution in [2.24, 2.45) is 0 Å². The lowest BCUT2D eigenvalue weighted by molar-refractivity contribution is 0.321. The van der Waals surface area contributed by atoms with Crippen LogP contribution in [-0.2, 0) is 12.8 Å². The maximum atomic E-state index is 5.16. The lowest BCUT2D eigenvalue weighted by atomic mass is 10.0. The van der Waals surface area contributed by atoms with Gasteiger partial charge in [-0.15, -0.1) is 0 Å². The fourth-order valence-electron chi connectivity index (χ4n) is 5.10. The average Bonchev–Trinajstić information content (AvgIpc) is 3.18. The first-order valence-electron chi connectivity index (χ1n) is 12.2. The molecular weight excluding hydrogens is 392 g/mol. The monoisotopic (exact) mass is 432 g/mol. The molecule has 3 N–H and O–H groups in total. The smallest absolute Gasteiger partial charge is 0.225 e. The highest BCUT2D eigenvalue weighted by atomic mass is 32.2. The number of thioether (sulfide) groups is 1. The van der Waals surface area contributed by atoms with Gasteiger partial charge in [0.1, 0.15) is 5.82 Å². The Kier molecular flexibility index (Phi) is 8.52. The molecule has 0 amide bonds. The lowest BCUT2D eigenvalue weighted by Crippen LogP contribution is -2.57. The molecule has 2 fully saturated rings. The number of hydrogen-bond acceptors (Lipinski definition) is 7. The molecule has 2 aliphatic heterocycles.